The summed E-state index contributed by atoms with van der Waals surface area (Å²) in [5, 5.41) is 8.85. The second kappa shape index (κ2) is 5.34. The van der Waals surface area contributed by atoms with Gasteiger partial charge in [0.2, 0.25) is 0 Å². The fraction of sp³-hybridized carbons (Fsp3) is 0.692. The van der Waals surface area contributed by atoms with E-state index < -0.39 is 5.97 Å². The van der Waals surface area contributed by atoms with Crippen molar-refractivity contribution in [2.24, 2.45) is 0 Å². The van der Waals surface area contributed by atoms with Crippen LogP contribution in [0.4, 0.5) is 0 Å². The van der Waals surface area contributed by atoms with Gasteiger partial charge in [-0.25, -0.2) is 4.98 Å². The van der Waals surface area contributed by atoms with Crippen molar-refractivity contribution in [3.05, 3.63) is 18.2 Å². The van der Waals surface area contributed by atoms with E-state index in [1.54, 1.807) is 0 Å². The Morgan fingerprint density at radius 1 is 1.53 bits per heavy atom. The van der Waals surface area contributed by atoms with Gasteiger partial charge in [-0.3, -0.25) is 4.79 Å². The van der Waals surface area contributed by atoms with Crippen LogP contribution in [-0.2, 0) is 4.79 Å². The van der Waals surface area contributed by atoms with Crippen LogP contribution in [0.25, 0.3) is 0 Å². The molecule has 4 heteroatoms. The minimum atomic E-state index is -0.742. The van der Waals surface area contributed by atoms with E-state index in [2.05, 4.69) is 9.55 Å². The predicted octanol–water partition coefficient (Wildman–Crippen LogP) is 2.97. The summed E-state index contributed by atoms with van der Waals surface area (Å²) in [4.78, 5) is 15.0. The molecular formula is C13H20N2O2. The van der Waals surface area contributed by atoms with Gasteiger partial charge in [-0.2, -0.15) is 0 Å². The molecule has 1 aliphatic rings. The molecule has 1 aromatic heterocycles. The Morgan fingerprint density at radius 3 is 2.88 bits per heavy atom. The number of aliphatic carboxylic acids is 1. The number of imidazole rings is 1. The lowest BCUT2D eigenvalue weighted by atomic mass is 9.94. The lowest BCUT2D eigenvalue weighted by molar-refractivity contribution is -0.137. The molecule has 0 radical (unpaired) electrons. The van der Waals surface area contributed by atoms with E-state index in [-0.39, 0.29) is 12.3 Å². The maximum atomic E-state index is 10.8. The zero-order chi connectivity index (χ0) is 12.3. The molecule has 0 spiro atoms. The molecule has 1 aliphatic carbocycles. The summed E-state index contributed by atoms with van der Waals surface area (Å²) in [6.45, 7) is 1.96. The summed E-state index contributed by atoms with van der Waals surface area (Å²) < 4.78 is 2.20. The van der Waals surface area contributed by atoms with Crippen molar-refractivity contribution in [2.45, 2.75) is 57.4 Å². The van der Waals surface area contributed by atoms with Crippen LogP contribution in [0.1, 0.15) is 63.1 Å². The first-order valence-corrected chi connectivity index (χ1v) is 6.42. The molecule has 0 aromatic carbocycles. The first kappa shape index (κ1) is 12.1. The van der Waals surface area contributed by atoms with E-state index in [0.717, 1.165) is 5.69 Å². The van der Waals surface area contributed by atoms with Gasteiger partial charge in [0, 0.05) is 23.9 Å². The largest absolute Gasteiger partial charge is 0.481 e. The molecule has 0 aliphatic heterocycles. The Kier molecular flexibility index (Phi) is 3.82. The van der Waals surface area contributed by atoms with E-state index in [4.69, 9.17) is 5.11 Å². The maximum Gasteiger partial charge on any atom is 0.304 e. The van der Waals surface area contributed by atoms with Crippen molar-refractivity contribution in [3.8, 4) is 0 Å². The molecule has 0 amide bonds. The van der Waals surface area contributed by atoms with Crippen LogP contribution in [0.3, 0.4) is 0 Å². The second-order valence-electron chi connectivity index (χ2n) is 5.02. The molecule has 0 saturated heterocycles. The minimum absolute atomic E-state index is 0.0388. The predicted molar refractivity (Wildman–Crippen MR) is 65.0 cm³/mol. The molecule has 1 saturated carbocycles. The zero-order valence-corrected chi connectivity index (χ0v) is 10.3. The Balaban J connectivity index is 2.12. The second-order valence-corrected chi connectivity index (χ2v) is 5.02. The Bertz CT molecular complexity index is 381. The molecule has 94 valence electrons. The van der Waals surface area contributed by atoms with Gasteiger partial charge >= 0.3 is 5.97 Å². The molecule has 1 heterocycles. The van der Waals surface area contributed by atoms with E-state index in [1.165, 1.54) is 32.1 Å². The fourth-order valence-corrected chi connectivity index (χ4v) is 2.73. The monoisotopic (exact) mass is 236 g/mol. The number of carboxylic acid groups (broad SMARTS) is 1. The third-order valence-corrected chi connectivity index (χ3v) is 3.65. The summed E-state index contributed by atoms with van der Waals surface area (Å²) in [6.07, 6.45) is 10.1. The number of rotatable bonds is 4. The summed E-state index contributed by atoms with van der Waals surface area (Å²) >= 11 is 0. The molecule has 1 unspecified atom stereocenters. The first-order chi connectivity index (χ1) is 8.18. The summed E-state index contributed by atoms with van der Waals surface area (Å²) in [6, 6.07) is 0.525. The third kappa shape index (κ3) is 2.87. The molecule has 1 N–H and O–H groups in total. The first-order valence-electron chi connectivity index (χ1n) is 6.42. The average Bonchev–Trinajstić information content (AvgIpc) is 2.78. The van der Waals surface area contributed by atoms with Gasteiger partial charge in [-0.1, -0.05) is 26.2 Å². The molecule has 1 atom stereocenters. The van der Waals surface area contributed by atoms with Crippen LogP contribution >= 0.6 is 0 Å². The van der Waals surface area contributed by atoms with Crippen molar-refractivity contribution >= 4 is 5.97 Å². The molecule has 1 fully saturated rings. The highest BCUT2D eigenvalue weighted by Crippen LogP contribution is 2.31. The van der Waals surface area contributed by atoms with Crippen molar-refractivity contribution < 1.29 is 9.90 Å². The van der Waals surface area contributed by atoms with Crippen molar-refractivity contribution in [1.29, 1.82) is 0 Å². The zero-order valence-electron chi connectivity index (χ0n) is 10.3. The SMILES string of the molecule is CC(CC(=O)O)c1cncn1C1CCCCC1. The van der Waals surface area contributed by atoms with Gasteiger partial charge in [0.1, 0.15) is 0 Å². The summed E-state index contributed by atoms with van der Waals surface area (Å²) in [7, 11) is 0. The highest BCUT2D eigenvalue weighted by atomic mass is 16.4. The molecule has 2 rings (SSSR count). The van der Waals surface area contributed by atoms with Crippen LogP contribution in [-0.4, -0.2) is 20.6 Å². The van der Waals surface area contributed by atoms with Crippen LogP contribution in [0.2, 0.25) is 0 Å². The maximum absolute atomic E-state index is 10.8. The van der Waals surface area contributed by atoms with Crippen molar-refractivity contribution in [3.63, 3.8) is 0 Å². The number of aromatic nitrogens is 2. The number of nitrogens with zero attached hydrogens (tertiary/aromatic N) is 2. The van der Waals surface area contributed by atoms with Gasteiger partial charge in [0.15, 0.2) is 0 Å². The van der Waals surface area contributed by atoms with Gasteiger partial charge in [-0.15, -0.1) is 0 Å². The Labute approximate surface area is 102 Å². The summed E-state index contributed by atoms with van der Waals surface area (Å²) in [5.41, 5.74) is 1.07. The van der Waals surface area contributed by atoms with Gasteiger partial charge < -0.3 is 9.67 Å². The number of carbonyl (C=O) groups is 1. The van der Waals surface area contributed by atoms with E-state index in [9.17, 15) is 4.79 Å². The quantitative estimate of drug-likeness (QED) is 0.874. The highest BCUT2D eigenvalue weighted by molar-refractivity contribution is 5.67. The van der Waals surface area contributed by atoms with Crippen molar-refractivity contribution in [2.75, 3.05) is 0 Å². The molecule has 17 heavy (non-hydrogen) atoms. The summed E-state index contributed by atoms with van der Waals surface area (Å²) in [5.74, 6) is -0.703. The minimum Gasteiger partial charge on any atom is -0.481 e. The number of carboxylic acids is 1. The van der Waals surface area contributed by atoms with Gasteiger partial charge in [-0.05, 0) is 12.8 Å². The van der Waals surface area contributed by atoms with E-state index >= 15 is 0 Å². The van der Waals surface area contributed by atoms with Gasteiger partial charge in [0.25, 0.3) is 0 Å². The molecule has 4 nitrogen and oxygen atoms in total. The fourth-order valence-electron chi connectivity index (χ4n) is 2.73. The smallest absolute Gasteiger partial charge is 0.304 e. The van der Waals surface area contributed by atoms with Crippen molar-refractivity contribution in [1.82, 2.24) is 9.55 Å². The van der Waals surface area contributed by atoms with E-state index in [0.29, 0.717) is 6.04 Å². The average molecular weight is 236 g/mol. The van der Waals surface area contributed by atoms with Crippen LogP contribution in [0.15, 0.2) is 12.5 Å². The lowest BCUT2D eigenvalue weighted by Crippen LogP contribution is -2.16. The number of hydrogen-bond donors (Lipinski definition) is 1. The van der Waals surface area contributed by atoms with Crippen LogP contribution < -0.4 is 0 Å². The topological polar surface area (TPSA) is 55.1 Å². The Hall–Kier alpha value is -1.32. The van der Waals surface area contributed by atoms with Crippen LogP contribution in [0.5, 0.6) is 0 Å². The Morgan fingerprint density at radius 2 is 2.24 bits per heavy atom. The normalized spacial score (nSPS) is 19.1. The molecule has 1 aromatic rings. The molecule has 0 bridgehead atoms. The lowest BCUT2D eigenvalue weighted by Gasteiger charge is -2.26. The van der Waals surface area contributed by atoms with Gasteiger partial charge in [0.05, 0.1) is 12.7 Å². The number of hydrogen-bond acceptors (Lipinski definition) is 2. The third-order valence-electron chi connectivity index (χ3n) is 3.65. The standard InChI is InChI=1S/C13H20N2O2/c1-10(7-13(16)17)12-8-14-9-15(12)11-5-3-2-4-6-11/h8-11H,2-7H2,1H3,(H,16,17). The van der Waals surface area contributed by atoms with E-state index in [1.807, 2.05) is 19.4 Å². The molecular weight excluding hydrogens is 216 g/mol. The highest BCUT2D eigenvalue weighted by Gasteiger charge is 2.21. The van der Waals surface area contributed by atoms with Crippen LogP contribution in [0, 0.1) is 0 Å².